The van der Waals surface area contributed by atoms with E-state index < -0.39 is 5.97 Å². The number of ether oxygens (including phenoxy) is 1. The first-order chi connectivity index (χ1) is 7.62. The van der Waals surface area contributed by atoms with Crippen molar-refractivity contribution < 1.29 is 14.6 Å². The lowest BCUT2D eigenvalue weighted by Gasteiger charge is -2.08. The van der Waals surface area contributed by atoms with Gasteiger partial charge in [0, 0.05) is 0 Å². The molecule has 0 saturated heterocycles. The molecule has 0 aromatic heterocycles. The summed E-state index contributed by atoms with van der Waals surface area (Å²) in [4.78, 5) is 11.1. The molecule has 16 heavy (non-hydrogen) atoms. The summed E-state index contributed by atoms with van der Waals surface area (Å²) in [5, 5.41) is 18.5. The van der Waals surface area contributed by atoms with Crippen molar-refractivity contribution >= 4 is 5.97 Å². The van der Waals surface area contributed by atoms with Gasteiger partial charge < -0.3 is 9.84 Å². The number of aromatic hydroxyl groups is 1. The van der Waals surface area contributed by atoms with Crippen molar-refractivity contribution in [3.63, 3.8) is 0 Å². The SMILES string of the molecule is CCc1cc(O)cc(CC(=O)OC)c1C#N. The highest BCUT2D eigenvalue weighted by atomic mass is 16.5. The number of methoxy groups -OCH3 is 1. The summed E-state index contributed by atoms with van der Waals surface area (Å²) >= 11 is 0. The zero-order valence-corrected chi connectivity index (χ0v) is 9.28. The van der Waals surface area contributed by atoms with Crippen LogP contribution in [0.1, 0.15) is 23.6 Å². The van der Waals surface area contributed by atoms with E-state index in [9.17, 15) is 9.90 Å². The second-order valence-corrected chi connectivity index (χ2v) is 3.36. The minimum atomic E-state index is -0.427. The molecule has 0 radical (unpaired) electrons. The fourth-order valence-corrected chi connectivity index (χ4v) is 1.54. The molecule has 0 amide bonds. The van der Waals surface area contributed by atoms with Crippen LogP contribution in [0.4, 0.5) is 0 Å². The first kappa shape index (κ1) is 12.1. The second-order valence-electron chi connectivity index (χ2n) is 3.36. The lowest BCUT2D eigenvalue weighted by Crippen LogP contribution is -2.07. The molecular formula is C12H13NO3. The second kappa shape index (κ2) is 5.17. The normalized spacial score (nSPS) is 9.56. The Labute approximate surface area is 94.1 Å². The molecule has 0 atom stereocenters. The first-order valence-electron chi connectivity index (χ1n) is 4.94. The Morgan fingerprint density at radius 3 is 2.62 bits per heavy atom. The van der Waals surface area contributed by atoms with Gasteiger partial charge in [0.1, 0.15) is 5.75 Å². The van der Waals surface area contributed by atoms with Crippen LogP contribution in [0.25, 0.3) is 0 Å². The highest BCUT2D eigenvalue weighted by Crippen LogP contribution is 2.22. The number of carbonyl (C=O) groups is 1. The molecule has 0 aliphatic heterocycles. The topological polar surface area (TPSA) is 70.3 Å². The van der Waals surface area contributed by atoms with E-state index in [1.165, 1.54) is 13.2 Å². The highest BCUT2D eigenvalue weighted by Gasteiger charge is 2.12. The van der Waals surface area contributed by atoms with E-state index in [4.69, 9.17) is 5.26 Å². The van der Waals surface area contributed by atoms with Gasteiger partial charge in [0.25, 0.3) is 0 Å². The molecular weight excluding hydrogens is 206 g/mol. The predicted molar refractivity (Wildman–Crippen MR) is 57.9 cm³/mol. The number of hydrogen-bond donors (Lipinski definition) is 1. The molecule has 1 rings (SSSR count). The minimum absolute atomic E-state index is 0.000787. The molecule has 0 heterocycles. The Hall–Kier alpha value is -2.02. The fourth-order valence-electron chi connectivity index (χ4n) is 1.54. The molecule has 0 aliphatic carbocycles. The van der Waals surface area contributed by atoms with Crippen LogP contribution in [-0.2, 0) is 22.4 Å². The summed E-state index contributed by atoms with van der Waals surface area (Å²) < 4.78 is 4.54. The Morgan fingerprint density at radius 1 is 1.50 bits per heavy atom. The van der Waals surface area contributed by atoms with Crippen molar-refractivity contribution in [2.75, 3.05) is 7.11 Å². The molecule has 0 spiro atoms. The number of hydrogen-bond acceptors (Lipinski definition) is 4. The van der Waals surface area contributed by atoms with Crippen LogP contribution < -0.4 is 0 Å². The molecule has 1 aromatic carbocycles. The van der Waals surface area contributed by atoms with Crippen LogP contribution in [0, 0.1) is 11.3 Å². The molecule has 0 unspecified atom stereocenters. The van der Waals surface area contributed by atoms with Gasteiger partial charge in [0.2, 0.25) is 0 Å². The number of benzene rings is 1. The van der Waals surface area contributed by atoms with E-state index in [1.807, 2.05) is 6.92 Å². The molecule has 0 fully saturated rings. The molecule has 0 aliphatic rings. The Kier molecular flexibility index (Phi) is 3.90. The van der Waals surface area contributed by atoms with Gasteiger partial charge in [-0.15, -0.1) is 0 Å². The van der Waals surface area contributed by atoms with Gasteiger partial charge in [-0.05, 0) is 29.7 Å². The van der Waals surface area contributed by atoms with Crippen molar-refractivity contribution in [3.05, 3.63) is 28.8 Å². The smallest absolute Gasteiger partial charge is 0.310 e. The molecule has 4 nitrogen and oxygen atoms in total. The summed E-state index contributed by atoms with van der Waals surface area (Å²) in [7, 11) is 1.29. The van der Waals surface area contributed by atoms with Gasteiger partial charge in [-0.25, -0.2) is 0 Å². The van der Waals surface area contributed by atoms with E-state index in [-0.39, 0.29) is 12.2 Å². The molecule has 1 N–H and O–H groups in total. The Bertz CT molecular complexity index is 446. The van der Waals surface area contributed by atoms with E-state index in [1.54, 1.807) is 6.07 Å². The summed E-state index contributed by atoms with van der Waals surface area (Å²) in [6.45, 7) is 1.89. The van der Waals surface area contributed by atoms with Crippen LogP contribution in [0.5, 0.6) is 5.75 Å². The van der Waals surface area contributed by atoms with Gasteiger partial charge in [-0.1, -0.05) is 6.92 Å². The number of carbonyl (C=O) groups excluding carboxylic acids is 1. The molecule has 1 aromatic rings. The Morgan fingerprint density at radius 2 is 2.12 bits per heavy atom. The predicted octanol–water partition coefficient (Wildman–Crippen LogP) is 1.54. The third-order valence-corrected chi connectivity index (χ3v) is 2.34. The maximum Gasteiger partial charge on any atom is 0.310 e. The minimum Gasteiger partial charge on any atom is -0.508 e. The van der Waals surface area contributed by atoms with Gasteiger partial charge in [0.15, 0.2) is 0 Å². The third kappa shape index (κ3) is 2.51. The molecule has 4 heteroatoms. The van der Waals surface area contributed by atoms with Gasteiger partial charge in [-0.3, -0.25) is 4.79 Å². The van der Waals surface area contributed by atoms with Crippen molar-refractivity contribution in [3.8, 4) is 11.8 Å². The lowest BCUT2D eigenvalue weighted by molar-refractivity contribution is -0.139. The van der Waals surface area contributed by atoms with Gasteiger partial charge in [-0.2, -0.15) is 5.26 Å². The van der Waals surface area contributed by atoms with Crippen molar-refractivity contribution in [2.45, 2.75) is 19.8 Å². The zero-order valence-electron chi connectivity index (χ0n) is 9.28. The average molecular weight is 219 g/mol. The number of rotatable bonds is 3. The fraction of sp³-hybridized carbons (Fsp3) is 0.333. The van der Waals surface area contributed by atoms with Crippen LogP contribution in [0.2, 0.25) is 0 Å². The quantitative estimate of drug-likeness (QED) is 0.783. The number of phenols is 1. The van der Waals surface area contributed by atoms with E-state index in [2.05, 4.69) is 10.8 Å². The number of esters is 1. The van der Waals surface area contributed by atoms with Crippen LogP contribution in [-0.4, -0.2) is 18.2 Å². The standard InChI is InChI=1S/C12H13NO3/c1-3-8-4-10(14)5-9(11(8)7-13)6-12(15)16-2/h4-5,14H,3,6H2,1-2H3. The number of nitriles is 1. The molecule has 0 bridgehead atoms. The van der Waals surface area contributed by atoms with Crippen LogP contribution in [0.15, 0.2) is 12.1 Å². The van der Waals surface area contributed by atoms with Crippen molar-refractivity contribution in [1.82, 2.24) is 0 Å². The number of nitrogens with zero attached hydrogens (tertiary/aromatic N) is 1. The highest BCUT2D eigenvalue weighted by molar-refractivity contribution is 5.74. The number of phenolic OH excluding ortho intramolecular Hbond substituents is 1. The van der Waals surface area contributed by atoms with E-state index in [0.29, 0.717) is 17.5 Å². The molecule has 0 saturated carbocycles. The van der Waals surface area contributed by atoms with Gasteiger partial charge in [0.05, 0.1) is 25.2 Å². The first-order valence-corrected chi connectivity index (χ1v) is 4.94. The van der Waals surface area contributed by atoms with E-state index >= 15 is 0 Å². The van der Waals surface area contributed by atoms with Crippen molar-refractivity contribution in [2.24, 2.45) is 0 Å². The third-order valence-electron chi connectivity index (χ3n) is 2.34. The summed E-state index contributed by atoms with van der Waals surface area (Å²) in [6.07, 6.45) is 0.631. The maximum absolute atomic E-state index is 11.1. The van der Waals surface area contributed by atoms with E-state index in [0.717, 1.165) is 5.56 Å². The maximum atomic E-state index is 11.1. The monoisotopic (exact) mass is 219 g/mol. The summed E-state index contributed by atoms with van der Waals surface area (Å²) in [6, 6.07) is 5.02. The number of aryl methyl sites for hydroxylation is 1. The lowest BCUT2D eigenvalue weighted by atomic mass is 9.97. The Balaban J connectivity index is 3.21. The average Bonchev–Trinajstić information content (AvgIpc) is 2.28. The van der Waals surface area contributed by atoms with Gasteiger partial charge >= 0.3 is 5.97 Å². The molecule has 84 valence electrons. The van der Waals surface area contributed by atoms with Crippen LogP contribution in [0.3, 0.4) is 0 Å². The summed E-state index contributed by atoms with van der Waals surface area (Å²) in [5.74, 6) is -0.362. The largest absolute Gasteiger partial charge is 0.508 e. The summed E-state index contributed by atoms with van der Waals surface area (Å²) in [5.41, 5.74) is 1.69. The van der Waals surface area contributed by atoms with Crippen molar-refractivity contribution in [1.29, 1.82) is 5.26 Å². The van der Waals surface area contributed by atoms with Crippen LogP contribution >= 0.6 is 0 Å². The zero-order chi connectivity index (χ0) is 12.1.